The van der Waals surface area contributed by atoms with Crippen LogP contribution >= 0.6 is 0 Å². The molecule has 0 spiro atoms. The standard InChI is InChI=1S/C13H18N2O5/c1-8-10(13(17)18)4-5-11(15-8)12(16)14-6-9(20-3)7-19-2/h4-5,9H,6-7H2,1-3H3,(H,14,16)(H,17,18). The number of nitrogens with one attached hydrogen (secondary N) is 1. The average molecular weight is 282 g/mol. The molecule has 1 unspecified atom stereocenters. The third-order valence-electron chi connectivity index (χ3n) is 2.73. The van der Waals surface area contributed by atoms with Crippen molar-refractivity contribution in [3.05, 3.63) is 29.1 Å². The number of aromatic carboxylic acids is 1. The number of carbonyl (C=O) groups is 2. The summed E-state index contributed by atoms with van der Waals surface area (Å²) in [7, 11) is 3.07. The maximum absolute atomic E-state index is 11.9. The number of carboxylic acids is 1. The number of hydrogen-bond donors (Lipinski definition) is 2. The molecule has 1 aromatic heterocycles. The van der Waals surface area contributed by atoms with E-state index in [2.05, 4.69) is 10.3 Å². The van der Waals surface area contributed by atoms with E-state index >= 15 is 0 Å². The maximum Gasteiger partial charge on any atom is 0.337 e. The lowest BCUT2D eigenvalue weighted by Crippen LogP contribution is -2.36. The van der Waals surface area contributed by atoms with Gasteiger partial charge in [0.25, 0.3) is 5.91 Å². The van der Waals surface area contributed by atoms with Crippen molar-refractivity contribution in [1.82, 2.24) is 10.3 Å². The van der Waals surface area contributed by atoms with Gasteiger partial charge in [0.2, 0.25) is 0 Å². The van der Waals surface area contributed by atoms with Crippen LogP contribution in [0.1, 0.15) is 26.5 Å². The first kappa shape index (κ1) is 16.1. The molecular weight excluding hydrogens is 264 g/mol. The zero-order valence-electron chi connectivity index (χ0n) is 11.7. The number of methoxy groups -OCH3 is 2. The number of aromatic nitrogens is 1. The van der Waals surface area contributed by atoms with Gasteiger partial charge in [0.15, 0.2) is 0 Å². The normalized spacial score (nSPS) is 11.9. The fourth-order valence-corrected chi connectivity index (χ4v) is 1.61. The Morgan fingerprint density at radius 2 is 2.10 bits per heavy atom. The fourth-order valence-electron chi connectivity index (χ4n) is 1.61. The summed E-state index contributed by atoms with van der Waals surface area (Å²) in [4.78, 5) is 26.7. The smallest absolute Gasteiger partial charge is 0.337 e. The molecule has 1 amide bonds. The first-order valence-electron chi connectivity index (χ1n) is 6.00. The number of carboxylic acid groups (broad SMARTS) is 1. The van der Waals surface area contributed by atoms with Crippen LogP contribution in [0.5, 0.6) is 0 Å². The molecule has 1 atom stereocenters. The van der Waals surface area contributed by atoms with E-state index in [9.17, 15) is 9.59 Å². The van der Waals surface area contributed by atoms with Gasteiger partial charge in [-0.3, -0.25) is 4.79 Å². The highest BCUT2D eigenvalue weighted by atomic mass is 16.5. The Morgan fingerprint density at radius 1 is 1.40 bits per heavy atom. The van der Waals surface area contributed by atoms with Crippen LogP contribution in [-0.2, 0) is 9.47 Å². The lowest BCUT2D eigenvalue weighted by Gasteiger charge is -2.14. The predicted molar refractivity (Wildman–Crippen MR) is 70.9 cm³/mol. The third-order valence-corrected chi connectivity index (χ3v) is 2.73. The Labute approximate surface area is 116 Å². The molecule has 1 heterocycles. The van der Waals surface area contributed by atoms with E-state index in [-0.39, 0.29) is 29.8 Å². The summed E-state index contributed by atoms with van der Waals surface area (Å²) >= 11 is 0. The summed E-state index contributed by atoms with van der Waals surface area (Å²) in [6, 6.07) is 2.74. The molecule has 0 bridgehead atoms. The SMILES string of the molecule is COCC(CNC(=O)c1ccc(C(=O)O)c(C)n1)OC. The van der Waals surface area contributed by atoms with Crippen molar-refractivity contribution in [2.24, 2.45) is 0 Å². The number of nitrogens with zero attached hydrogens (tertiary/aromatic N) is 1. The molecule has 0 aliphatic carbocycles. The number of aryl methyl sites for hydroxylation is 1. The molecule has 7 nitrogen and oxygen atoms in total. The second-order valence-corrected chi connectivity index (χ2v) is 4.16. The van der Waals surface area contributed by atoms with Gasteiger partial charge in [-0.2, -0.15) is 0 Å². The van der Waals surface area contributed by atoms with Gasteiger partial charge in [-0.15, -0.1) is 0 Å². The second kappa shape index (κ2) is 7.56. The van der Waals surface area contributed by atoms with Crippen LogP contribution in [0.15, 0.2) is 12.1 Å². The molecule has 20 heavy (non-hydrogen) atoms. The minimum Gasteiger partial charge on any atom is -0.478 e. The Hall–Kier alpha value is -1.99. The largest absolute Gasteiger partial charge is 0.478 e. The van der Waals surface area contributed by atoms with Gasteiger partial charge >= 0.3 is 5.97 Å². The maximum atomic E-state index is 11.9. The van der Waals surface area contributed by atoms with Crippen molar-refractivity contribution in [2.75, 3.05) is 27.4 Å². The molecule has 7 heteroatoms. The van der Waals surface area contributed by atoms with Gasteiger partial charge < -0.3 is 19.9 Å². The van der Waals surface area contributed by atoms with Crippen LogP contribution in [0.2, 0.25) is 0 Å². The van der Waals surface area contributed by atoms with Crippen LogP contribution in [0, 0.1) is 6.92 Å². The van der Waals surface area contributed by atoms with E-state index < -0.39 is 5.97 Å². The van der Waals surface area contributed by atoms with Crippen molar-refractivity contribution in [2.45, 2.75) is 13.0 Å². The Morgan fingerprint density at radius 3 is 2.60 bits per heavy atom. The topological polar surface area (TPSA) is 97.8 Å². The van der Waals surface area contributed by atoms with E-state index in [1.165, 1.54) is 19.2 Å². The second-order valence-electron chi connectivity index (χ2n) is 4.16. The first-order valence-corrected chi connectivity index (χ1v) is 6.00. The molecule has 0 fully saturated rings. The summed E-state index contributed by atoms with van der Waals surface area (Å²) in [6.07, 6.45) is -0.247. The Kier molecular flexibility index (Phi) is 6.08. The van der Waals surface area contributed by atoms with Crippen molar-refractivity contribution in [3.8, 4) is 0 Å². The molecule has 0 saturated carbocycles. The Balaban J connectivity index is 2.68. The number of hydrogen-bond acceptors (Lipinski definition) is 5. The van der Waals surface area contributed by atoms with E-state index in [1.807, 2.05) is 0 Å². The highest BCUT2D eigenvalue weighted by molar-refractivity contribution is 5.94. The molecule has 0 aromatic carbocycles. The van der Waals surface area contributed by atoms with Gasteiger partial charge in [-0.1, -0.05) is 0 Å². The predicted octanol–water partition coefficient (Wildman–Crippen LogP) is 0.479. The Bertz CT molecular complexity index is 490. The average Bonchev–Trinajstić information content (AvgIpc) is 2.42. The highest BCUT2D eigenvalue weighted by Gasteiger charge is 2.14. The van der Waals surface area contributed by atoms with Crippen LogP contribution in [0.25, 0.3) is 0 Å². The van der Waals surface area contributed by atoms with Crippen molar-refractivity contribution in [1.29, 1.82) is 0 Å². The summed E-state index contributed by atoms with van der Waals surface area (Å²) in [6.45, 7) is 2.19. The molecule has 1 rings (SSSR count). The molecule has 0 aliphatic rings. The number of carbonyl (C=O) groups excluding carboxylic acids is 1. The monoisotopic (exact) mass is 282 g/mol. The number of ether oxygens (including phenoxy) is 2. The molecular formula is C13H18N2O5. The minimum atomic E-state index is -1.07. The summed E-state index contributed by atoms with van der Waals surface area (Å²) in [5.41, 5.74) is 0.542. The molecule has 1 aromatic rings. The van der Waals surface area contributed by atoms with Gasteiger partial charge in [0.05, 0.1) is 24.0 Å². The van der Waals surface area contributed by atoms with E-state index in [0.717, 1.165) is 0 Å². The number of amides is 1. The third kappa shape index (κ3) is 4.29. The zero-order chi connectivity index (χ0) is 15.1. The molecule has 0 radical (unpaired) electrons. The highest BCUT2D eigenvalue weighted by Crippen LogP contribution is 2.07. The lowest BCUT2D eigenvalue weighted by atomic mass is 10.2. The zero-order valence-corrected chi connectivity index (χ0v) is 11.7. The fraction of sp³-hybridized carbons (Fsp3) is 0.462. The molecule has 110 valence electrons. The van der Waals surface area contributed by atoms with Crippen molar-refractivity contribution >= 4 is 11.9 Å². The van der Waals surface area contributed by atoms with Crippen LogP contribution in [-0.4, -0.2) is 55.4 Å². The number of rotatable bonds is 7. The van der Waals surface area contributed by atoms with Crippen molar-refractivity contribution in [3.63, 3.8) is 0 Å². The van der Waals surface area contributed by atoms with Gasteiger partial charge in [-0.25, -0.2) is 9.78 Å². The van der Waals surface area contributed by atoms with Gasteiger partial charge in [-0.05, 0) is 19.1 Å². The lowest BCUT2D eigenvalue weighted by molar-refractivity contribution is 0.0285. The van der Waals surface area contributed by atoms with Crippen molar-refractivity contribution < 1.29 is 24.2 Å². The summed E-state index contributed by atoms with van der Waals surface area (Å²) < 4.78 is 10.1. The summed E-state index contributed by atoms with van der Waals surface area (Å²) in [5.74, 6) is -1.45. The molecule has 0 saturated heterocycles. The van der Waals surface area contributed by atoms with Crippen LogP contribution in [0.4, 0.5) is 0 Å². The van der Waals surface area contributed by atoms with E-state index in [4.69, 9.17) is 14.6 Å². The summed E-state index contributed by atoms with van der Waals surface area (Å²) in [5, 5.41) is 11.5. The van der Waals surface area contributed by atoms with Gasteiger partial charge in [0, 0.05) is 20.8 Å². The minimum absolute atomic E-state index is 0.0794. The molecule has 0 aliphatic heterocycles. The first-order chi connectivity index (χ1) is 9.49. The quantitative estimate of drug-likeness (QED) is 0.755. The molecule has 2 N–H and O–H groups in total. The van der Waals surface area contributed by atoms with Crippen LogP contribution in [0.3, 0.4) is 0 Å². The van der Waals surface area contributed by atoms with Gasteiger partial charge in [0.1, 0.15) is 5.69 Å². The van der Waals surface area contributed by atoms with E-state index in [1.54, 1.807) is 14.0 Å². The number of pyridine rings is 1. The van der Waals surface area contributed by atoms with Crippen LogP contribution < -0.4 is 5.32 Å². The van der Waals surface area contributed by atoms with E-state index in [0.29, 0.717) is 12.3 Å².